The molecule has 0 spiro atoms. The summed E-state index contributed by atoms with van der Waals surface area (Å²) in [6.45, 7) is 15.9. The van der Waals surface area contributed by atoms with Gasteiger partial charge in [-0.25, -0.2) is 4.39 Å². The topological polar surface area (TPSA) is 81.8 Å². The molecule has 0 radical (unpaired) electrons. The molecule has 8 heteroatoms. The van der Waals surface area contributed by atoms with E-state index in [4.69, 9.17) is 0 Å². The van der Waals surface area contributed by atoms with Crippen molar-refractivity contribution in [3.8, 4) is 0 Å². The zero-order valence-corrected chi connectivity index (χ0v) is 28.0. The molecule has 3 aliphatic rings. The van der Waals surface area contributed by atoms with Gasteiger partial charge in [0, 0.05) is 31.6 Å². The minimum absolute atomic E-state index is 0.114. The van der Waals surface area contributed by atoms with E-state index in [1.807, 2.05) is 34.6 Å². The van der Waals surface area contributed by atoms with Gasteiger partial charge >= 0.3 is 0 Å². The van der Waals surface area contributed by atoms with Crippen molar-refractivity contribution in [1.29, 1.82) is 0 Å². The van der Waals surface area contributed by atoms with Gasteiger partial charge in [-0.15, -0.1) is 0 Å². The minimum atomic E-state index is -0.710. The van der Waals surface area contributed by atoms with E-state index in [0.717, 1.165) is 37.2 Å². The molecule has 7 nitrogen and oxygen atoms in total. The smallest absolute Gasteiger partial charge is 0.245 e. The molecular weight excluding hydrogens is 543 g/mol. The Morgan fingerprint density at radius 3 is 2.09 bits per heavy atom. The normalized spacial score (nSPS) is 21.7. The van der Waals surface area contributed by atoms with Crippen LogP contribution < -0.4 is 10.6 Å². The number of piperidine rings is 2. The van der Waals surface area contributed by atoms with Crippen LogP contribution in [0.25, 0.3) is 0 Å². The first-order valence-corrected chi connectivity index (χ1v) is 16.7. The van der Waals surface area contributed by atoms with Crippen molar-refractivity contribution in [2.24, 2.45) is 17.3 Å². The summed E-state index contributed by atoms with van der Waals surface area (Å²) in [5.74, 6) is 0.902. The fourth-order valence-electron chi connectivity index (χ4n) is 6.87. The van der Waals surface area contributed by atoms with Gasteiger partial charge in [0.1, 0.15) is 11.9 Å². The third-order valence-electron chi connectivity index (χ3n) is 9.08. The van der Waals surface area contributed by atoms with Gasteiger partial charge in [-0.2, -0.15) is 0 Å². The van der Waals surface area contributed by atoms with Crippen molar-refractivity contribution in [3.05, 3.63) is 35.6 Å². The van der Waals surface area contributed by atoms with E-state index < -0.39 is 11.5 Å². The highest BCUT2D eigenvalue weighted by Crippen LogP contribution is 2.46. The highest BCUT2D eigenvalue weighted by atomic mass is 19.1. The van der Waals surface area contributed by atoms with Crippen molar-refractivity contribution in [2.75, 3.05) is 33.2 Å². The molecule has 1 aliphatic carbocycles. The number of hydrogen-bond acceptors (Lipinski definition) is 4. The summed E-state index contributed by atoms with van der Waals surface area (Å²) in [7, 11) is 2.20. The molecule has 2 saturated heterocycles. The summed E-state index contributed by atoms with van der Waals surface area (Å²) in [6, 6.07) is 5.25. The van der Waals surface area contributed by atoms with Crippen LogP contribution in [0.1, 0.15) is 105 Å². The highest BCUT2D eigenvalue weighted by Gasteiger charge is 2.49. The van der Waals surface area contributed by atoms with Gasteiger partial charge in [0.25, 0.3) is 0 Å². The summed E-state index contributed by atoms with van der Waals surface area (Å²) in [5.41, 5.74) is 0.0247. The number of carbonyl (C=O) groups is 3. The second-order valence-corrected chi connectivity index (χ2v) is 13.7. The molecule has 3 fully saturated rings. The van der Waals surface area contributed by atoms with Crippen molar-refractivity contribution in [2.45, 2.75) is 117 Å². The lowest BCUT2D eigenvalue weighted by atomic mass is 9.63. The molecule has 2 N–H and O–H groups in total. The molecule has 0 aromatic heterocycles. The van der Waals surface area contributed by atoms with Crippen molar-refractivity contribution >= 4 is 18.2 Å². The number of nitrogens with zero attached hydrogens (tertiary/aromatic N) is 2. The van der Waals surface area contributed by atoms with E-state index in [-0.39, 0.29) is 23.2 Å². The quantitative estimate of drug-likeness (QED) is 0.378. The first-order valence-electron chi connectivity index (χ1n) is 16.7. The first-order chi connectivity index (χ1) is 20.4. The van der Waals surface area contributed by atoms with E-state index in [1.54, 1.807) is 17.0 Å². The number of halogens is 1. The molecule has 2 aliphatic heterocycles. The fraction of sp³-hybridized carbons (Fsp3) is 0.743. The fourth-order valence-corrected chi connectivity index (χ4v) is 6.87. The molecule has 2 heterocycles. The SMILES string of the molecule is CC.CC(C)(C)NC(=O)C1(C2CCCCC2)CCN(C(=O)[C@@H](Cc2ccc(F)cc2)NC=O)CC1.C[C@@H]1CCCN(C)C1. The Morgan fingerprint density at radius 1 is 1.00 bits per heavy atom. The molecule has 1 saturated carbocycles. The molecule has 4 rings (SSSR count). The van der Waals surface area contributed by atoms with Crippen LogP contribution in [0, 0.1) is 23.1 Å². The molecule has 0 bridgehead atoms. The van der Waals surface area contributed by atoms with Gasteiger partial charge in [0.05, 0.1) is 5.41 Å². The van der Waals surface area contributed by atoms with Crippen molar-refractivity contribution in [3.63, 3.8) is 0 Å². The van der Waals surface area contributed by atoms with Crippen LogP contribution in [0.5, 0.6) is 0 Å². The van der Waals surface area contributed by atoms with Crippen molar-refractivity contribution in [1.82, 2.24) is 20.4 Å². The minimum Gasteiger partial charge on any atom is -0.351 e. The lowest BCUT2D eigenvalue weighted by Crippen LogP contribution is -2.58. The summed E-state index contributed by atoms with van der Waals surface area (Å²) >= 11 is 0. The molecular formula is C35H59FN4O3. The number of amides is 3. The number of hydrogen-bond donors (Lipinski definition) is 2. The summed E-state index contributed by atoms with van der Waals surface area (Å²) in [5, 5.41) is 5.86. The second kappa shape index (κ2) is 17.7. The number of likely N-dealkylation sites (tertiary alicyclic amines) is 2. The number of benzene rings is 1. The maximum atomic E-state index is 13.5. The Morgan fingerprint density at radius 2 is 1.60 bits per heavy atom. The number of nitrogens with one attached hydrogen (secondary N) is 2. The third kappa shape index (κ3) is 11.5. The Kier molecular flexibility index (Phi) is 15.1. The Bertz CT molecular complexity index is 972. The van der Waals surface area contributed by atoms with E-state index in [0.29, 0.717) is 44.7 Å². The molecule has 43 heavy (non-hydrogen) atoms. The molecule has 1 aromatic rings. The van der Waals surface area contributed by atoms with E-state index in [1.165, 1.54) is 44.5 Å². The van der Waals surface area contributed by atoms with Gasteiger partial charge < -0.3 is 20.4 Å². The van der Waals surface area contributed by atoms with Gasteiger partial charge in [-0.1, -0.05) is 52.2 Å². The Labute approximate surface area is 260 Å². The summed E-state index contributed by atoms with van der Waals surface area (Å²) < 4.78 is 13.2. The van der Waals surface area contributed by atoms with E-state index in [2.05, 4.69) is 29.5 Å². The largest absolute Gasteiger partial charge is 0.351 e. The molecule has 2 atom stereocenters. The second-order valence-electron chi connectivity index (χ2n) is 13.7. The third-order valence-corrected chi connectivity index (χ3v) is 9.08. The van der Waals surface area contributed by atoms with Crippen LogP contribution >= 0.6 is 0 Å². The molecule has 0 unspecified atom stereocenters. The zero-order valence-electron chi connectivity index (χ0n) is 28.0. The zero-order chi connectivity index (χ0) is 32.0. The average Bonchev–Trinajstić information content (AvgIpc) is 2.98. The number of carbonyl (C=O) groups excluding carboxylic acids is 3. The number of rotatable bonds is 7. The molecule has 3 amide bonds. The van der Waals surface area contributed by atoms with Crippen LogP contribution in [-0.4, -0.2) is 72.8 Å². The predicted octanol–water partition coefficient (Wildman–Crippen LogP) is 5.96. The standard InChI is InChI=1S/C26H38FN3O3.C7H15N.C2H6/c1-25(2,3)29-24(33)26(20-7-5-4-6-8-20)13-15-30(16-14-26)23(32)22(28-18-31)17-19-9-11-21(27)12-10-19;1-7-4-3-5-8(2)6-7;1-2/h9-12,18,20,22H,4-8,13-17H2,1-3H3,(H,28,31)(H,29,33);7H,3-6H2,1-2H3;1-2H3/t22-;7-;/m11./s1. The highest BCUT2D eigenvalue weighted by molar-refractivity contribution is 5.86. The molecule has 244 valence electrons. The van der Waals surface area contributed by atoms with Crippen LogP contribution in [-0.2, 0) is 20.8 Å². The van der Waals surface area contributed by atoms with Gasteiger partial charge in [0.15, 0.2) is 0 Å². The Hall–Kier alpha value is -2.48. The van der Waals surface area contributed by atoms with Crippen LogP contribution in [0.15, 0.2) is 24.3 Å². The van der Waals surface area contributed by atoms with Crippen molar-refractivity contribution < 1.29 is 18.8 Å². The average molecular weight is 603 g/mol. The van der Waals surface area contributed by atoms with Gasteiger partial charge in [0.2, 0.25) is 18.2 Å². The van der Waals surface area contributed by atoms with Gasteiger partial charge in [-0.3, -0.25) is 14.4 Å². The summed E-state index contributed by atoms with van der Waals surface area (Å²) in [6.07, 6.45) is 10.6. The van der Waals surface area contributed by atoms with Gasteiger partial charge in [-0.05, 0) is 102 Å². The van der Waals surface area contributed by atoms with Crippen LogP contribution in [0.4, 0.5) is 4.39 Å². The van der Waals surface area contributed by atoms with Crippen LogP contribution in [0.3, 0.4) is 0 Å². The van der Waals surface area contributed by atoms with Crippen LogP contribution in [0.2, 0.25) is 0 Å². The monoisotopic (exact) mass is 602 g/mol. The Balaban J connectivity index is 0.000000550. The molecule has 1 aromatic carbocycles. The summed E-state index contributed by atoms with van der Waals surface area (Å²) in [4.78, 5) is 42.2. The van der Waals surface area contributed by atoms with E-state index >= 15 is 0 Å². The first kappa shape index (κ1) is 36.7. The predicted molar refractivity (Wildman–Crippen MR) is 173 cm³/mol. The lowest BCUT2D eigenvalue weighted by Gasteiger charge is -2.48. The maximum absolute atomic E-state index is 13.5. The maximum Gasteiger partial charge on any atom is 0.245 e. The lowest BCUT2D eigenvalue weighted by molar-refractivity contribution is -0.147. The van der Waals surface area contributed by atoms with E-state index in [9.17, 15) is 18.8 Å².